The Morgan fingerprint density at radius 2 is 1.93 bits per heavy atom. The van der Waals surface area contributed by atoms with Gasteiger partial charge >= 0.3 is 12.1 Å². The highest BCUT2D eigenvalue weighted by atomic mass is 19.4. The average Bonchev–Trinajstić information content (AvgIpc) is 2.95. The summed E-state index contributed by atoms with van der Waals surface area (Å²) in [6.45, 7) is 1.08. The van der Waals surface area contributed by atoms with Crippen molar-refractivity contribution in [1.82, 2.24) is 9.55 Å². The number of imidazole rings is 1. The fourth-order valence-corrected chi connectivity index (χ4v) is 2.20. The molecule has 2 rings (SSSR count). The van der Waals surface area contributed by atoms with Crippen molar-refractivity contribution in [2.45, 2.75) is 19.6 Å². The maximum Gasteiger partial charge on any atom is 0.416 e. The zero-order chi connectivity index (χ0) is 21.1. The smallest absolute Gasteiger partial charge is 0.416 e. The number of nitrogens with zero attached hydrogens (tertiary/aromatic N) is 2. The van der Waals surface area contributed by atoms with E-state index in [9.17, 15) is 31.9 Å². The molecular formula is C16H14F4N4O4. The Morgan fingerprint density at radius 1 is 1.25 bits per heavy atom. The molecule has 1 aromatic carbocycles. The molecule has 2 amide bonds. The Kier molecular flexibility index (Phi) is 6.01. The molecule has 0 fully saturated rings. The highest BCUT2D eigenvalue weighted by molar-refractivity contribution is 6.04. The summed E-state index contributed by atoms with van der Waals surface area (Å²) in [4.78, 5) is 38.9. The summed E-state index contributed by atoms with van der Waals surface area (Å²) in [7, 11) is 0. The third-order valence-corrected chi connectivity index (χ3v) is 3.29. The van der Waals surface area contributed by atoms with Crippen LogP contribution in [0.4, 0.5) is 23.4 Å². The van der Waals surface area contributed by atoms with Crippen molar-refractivity contribution in [2.24, 2.45) is 5.73 Å². The van der Waals surface area contributed by atoms with Gasteiger partial charge in [0, 0.05) is 11.8 Å². The van der Waals surface area contributed by atoms with Crippen molar-refractivity contribution in [3.05, 3.63) is 47.2 Å². The first-order valence-electron chi connectivity index (χ1n) is 7.73. The fourth-order valence-electron chi connectivity index (χ4n) is 2.20. The first kappa shape index (κ1) is 20.9. The van der Waals surface area contributed by atoms with E-state index in [4.69, 9.17) is 10.5 Å². The molecule has 2 aromatic rings. The average molecular weight is 402 g/mol. The topological polar surface area (TPSA) is 116 Å². The molecular weight excluding hydrogens is 388 g/mol. The van der Waals surface area contributed by atoms with Crippen LogP contribution in [0.2, 0.25) is 0 Å². The Morgan fingerprint density at radius 3 is 2.50 bits per heavy atom. The SMILES string of the molecule is CCOC(=O)c1nc(NC(=O)c2cc(F)cc(C(F)(F)F)c2)cn1CC(N)=O. The van der Waals surface area contributed by atoms with E-state index in [1.165, 1.54) is 6.92 Å². The summed E-state index contributed by atoms with van der Waals surface area (Å²) >= 11 is 0. The molecule has 1 heterocycles. The molecule has 0 unspecified atom stereocenters. The van der Waals surface area contributed by atoms with Crippen LogP contribution in [0.5, 0.6) is 0 Å². The largest absolute Gasteiger partial charge is 0.460 e. The Hall–Kier alpha value is -3.44. The highest BCUT2D eigenvalue weighted by Gasteiger charge is 2.32. The maximum atomic E-state index is 13.4. The number of amides is 2. The first-order chi connectivity index (χ1) is 13.0. The van der Waals surface area contributed by atoms with Crippen LogP contribution in [0.1, 0.15) is 33.5 Å². The van der Waals surface area contributed by atoms with E-state index in [0.29, 0.717) is 12.1 Å². The molecule has 8 nitrogen and oxygen atoms in total. The molecule has 150 valence electrons. The summed E-state index contributed by atoms with van der Waals surface area (Å²) in [6, 6.07) is 1.32. The van der Waals surface area contributed by atoms with Crippen LogP contribution < -0.4 is 11.1 Å². The monoisotopic (exact) mass is 402 g/mol. The Labute approximate surface area is 155 Å². The number of benzene rings is 1. The second kappa shape index (κ2) is 8.06. The van der Waals surface area contributed by atoms with Gasteiger partial charge in [-0.2, -0.15) is 13.2 Å². The number of carbonyl (C=O) groups excluding carboxylic acids is 3. The van der Waals surface area contributed by atoms with Gasteiger partial charge in [0.1, 0.15) is 12.4 Å². The van der Waals surface area contributed by atoms with Crippen molar-refractivity contribution in [3.63, 3.8) is 0 Å². The van der Waals surface area contributed by atoms with Crippen LogP contribution in [0.3, 0.4) is 0 Å². The second-order valence-electron chi connectivity index (χ2n) is 5.44. The van der Waals surface area contributed by atoms with E-state index in [1.807, 2.05) is 0 Å². The summed E-state index contributed by atoms with van der Waals surface area (Å²) in [5.41, 5.74) is 3.11. The minimum absolute atomic E-state index is 0.00741. The number of rotatable bonds is 6. The van der Waals surface area contributed by atoms with Crippen molar-refractivity contribution in [3.8, 4) is 0 Å². The first-order valence-corrected chi connectivity index (χ1v) is 7.73. The summed E-state index contributed by atoms with van der Waals surface area (Å²) < 4.78 is 57.5. The Balaban J connectivity index is 2.32. The molecule has 12 heteroatoms. The molecule has 28 heavy (non-hydrogen) atoms. The molecule has 1 aromatic heterocycles. The lowest BCUT2D eigenvalue weighted by molar-refractivity contribution is -0.137. The Bertz CT molecular complexity index is 924. The lowest BCUT2D eigenvalue weighted by Crippen LogP contribution is -2.22. The number of nitrogens with two attached hydrogens (primary N) is 1. The molecule has 0 saturated heterocycles. The van der Waals surface area contributed by atoms with E-state index in [1.54, 1.807) is 0 Å². The van der Waals surface area contributed by atoms with E-state index >= 15 is 0 Å². The van der Waals surface area contributed by atoms with Gasteiger partial charge in [-0.3, -0.25) is 9.59 Å². The molecule has 3 N–H and O–H groups in total. The standard InChI is InChI=1S/C16H14F4N4O4/c1-2-28-15(27)13-22-12(7-24(13)6-11(21)25)23-14(26)8-3-9(16(18,19)20)5-10(17)4-8/h3-5,7H,2,6H2,1H3,(H2,21,25)(H,23,26). The maximum absolute atomic E-state index is 13.4. The number of carbonyl (C=O) groups is 3. The minimum Gasteiger partial charge on any atom is -0.460 e. The second-order valence-corrected chi connectivity index (χ2v) is 5.44. The third-order valence-electron chi connectivity index (χ3n) is 3.29. The number of halogens is 4. The molecule has 0 aliphatic rings. The number of hydrogen-bond acceptors (Lipinski definition) is 5. The lowest BCUT2D eigenvalue weighted by atomic mass is 10.1. The van der Waals surface area contributed by atoms with E-state index in [0.717, 1.165) is 10.8 Å². The van der Waals surface area contributed by atoms with Gasteiger partial charge in [0.2, 0.25) is 11.7 Å². The minimum atomic E-state index is -4.85. The van der Waals surface area contributed by atoms with Gasteiger partial charge in [-0.05, 0) is 25.1 Å². The predicted molar refractivity (Wildman–Crippen MR) is 86.7 cm³/mol. The van der Waals surface area contributed by atoms with Crippen molar-refractivity contribution in [1.29, 1.82) is 0 Å². The number of primary amides is 1. The van der Waals surface area contributed by atoms with Gasteiger partial charge in [-0.25, -0.2) is 14.2 Å². The zero-order valence-corrected chi connectivity index (χ0v) is 14.3. The van der Waals surface area contributed by atoms with Crippen LogP contribution >= 0.6 is 0 Å². The molecule has 0 atom stereocenters. The van der Waals surface area contributed by atoms with Crippen LogP contribution in [0.25, 0.3) is 0 Å². The third kappa shape index (κ3) is 5.05. The quantitative estimate of drug-likeness (QED) is 0.566. The molecule has 0 aliphatic heterocycles. The normalized spacial score (nSPS) is 11.2. The van der Waals surface area contributed by atoms with Gasteiger partial charge in [0.05, 0.1) is 12.2 Å². The molecule has 0 bridgehead atoms. The fraction of sp³-hybridized carbons (Fsp3) is 0.250. The van der Waals surface area contributed by atoms with E-state index in [2.05, 4.69) is 10.3 Å². The molecule has 0 radical (unpaired) electrons. The van der Waals surface area contributed by atoms with Crippen molar-refractivity contribution < 1.29 is 36.7 Å². The van der Waals surface area contributed by atoms with Gasteiger partial charge < -0.3 is 20.4 Å². The van der Waals surface area contributed by atoms with Crippen LogP contribution in [-0.2, 0) is 22.3 Å². The number of esters is 1. The zero-order valence-electron chi connectivity index (χ0n) is 14.3. The summed E-state index contributed by atoms with van der Waals surface area (Å²) in [5, 5.41) is 2.13. The van der Waals surface area contributed by atoms with E-state index < -0.39 is 47.4 Å². The highest BCUT2D eigenvalue weighted by Crippen LogP contribution is 2.30. The van der Waals surface area contributed by atoms with Crippen molar-refractivity contribution >= 4 is 23.6 Å². The number of ether oxygens (including phenoxy) is 1. The summed E-state index contributed by atoms with van der Waals surface area (Å²) in [6.07, 6.45) is -3.78. The summed E-state index contributed by atoms with van der Waals surface area (Å²) in [5.74, 6) is -4.72. The molecule has 0 saturated carbocycles. The number of aromatic nitrogens is 2. The van der Waals surface area contributed by atoms with Gasteiger partial charge in [0.25, 0.3) is 5.91 Å². The predicted octanol–water partition coefficient (Wildman–Crippen LogP) is 1.96. The van der Waals surface area contributed by atoms with Crippen LogP contribution in [0, 0.1) is 5.82 Å². The number of anilines is 1. The van der Waals surface area contributed by atoms with Gasteiger partial charge in [0.15, 0.2) is 5.82 Å². The van der Waals surface area contributed by atoms with Crippen LogP contribution in [-0.4, -0.2) is 33.9 Å². The number of alkyl halides is 3. The number of hydrogen-bond donors (Lipinski definition) is 2. The lowest BCUT2D eigenvalue weighted by Gasteiger charge is -2.09. The van der Waals surface area contributed by atoms with Crippen molar-refractivity contribution in [2.75, 3.05) is 11.9 Å². The van der Waals surface area contributed by atoms with Gasteiger partial charge in [-0.15, -0.1) is 0 Å². The van der Waals surface area contributed by atoms with E-state index in [-0.39, 0.29) is 24.3 Å². The van der Waals surface area contributed by atoms with Crippen LogP contribution in [0.15, 0.2) is 24.4 Å². The molecule has 0 aliphatic carbocycles. The molecule has 0 spiro atoms. The van der Waals surface area contributed by atoms with Gasteiger partial charge in [-0.1, -0.05) is 0 Å². The number of nitrogens with one attached hydrogen (secondary N) is 1.